The van der Waals surface area contributed by atoms with Crippen molar-refractivity contribution in [2.75, 3.05) is 13.7 Å². The summed E-state index contributed by atoms with van der Waals surface area (Å²) in [6.45, 7) is 3.82. The molecule has 1 aromatic rings. The Labute approximate surface area is 101 Å². The highest BCUT2D eigenvalue weighted by atomic mass is 16.5. The van der Waals surface area contributed by atoms with Crippen LogP contribution < -0.4 is 4.74 Å². The molecule has 92 valence electrons. The number of carbonyl (C=O) groups excluding carboxylic acids is 1. The van der Waals surface area contributed by atoms with Crippen molar-refractivity contribution in [1.82, 2.24) is 0 Å². The van der Waals surface area contributed by atoms with Crippen LogP contribution in [0, 0.1) is 19.3 Å². The molecule has 1 saturated carbocycles. The lowest BCUT2D eigenvalue weighted by atomic mass is 9.92. The van der Waals surface area contributed by atoms with Gasteiger partial charge in [-0.05, 0) is 43.9 Å². The number of ether oxygens (including phenoxy) is 1. The van der Waals surface area contributed by atoms with E-state index in [2.05, 4.69) is 0 Å². The maximum Gasteiger partial charge on any atom is 0.175 e. The van der Waals surface area contributed by atoms with E-state index in [0.717, 1.165) is 24.0 Å². The van der Waals surface area contributed by atoms with Gasteiger partial charge in [-0.15, -0.1) is 0 Å². The highest BCUT2D eigenvalue weighted by molar-refractivity contribution is 6.05. The summed E-state index contributed by atoms with van der Waals surface area (Å²) in [7, 11) is 1.58. The van der Waals surface area contributed by atoms with Crippen molar-refractivity contribution in [3.05, 3.63) is 28.8 Å². The molecule has 1 fully saturated rings. The van der Waals surface area contributed by atoms with E-state index in [1.807, 2.05) is 26.0 Å². The topological polar surface area (TPSA) is 46.5 Å². The molecule has 1 aromatic carbocycles. The Bertz CT molecular complexity index is 459. The van der Waals surface area contributed by atoms with E-state index < -0.39 is 5.41 Å². The fraction of sp³-hybridized carbons (Fsp3) is 0.500. The number of hydrogen-bond donors (Lipinski definition) is 1. The van der Waals surface area contributed by atoms with E-state index in [1.165, 1.54) is 0 Å². The van der Waals surface area contributed by atoms with E-state index in [-0.39, 0.29) is 12.4 Å². The molecule has 1 N–H and O–H groups in total. The molecule has 0 radical (unpaired) electrons. The summed E-state index contributed by atoms with van der Waals surface area (Å²) >= 11 is 0. The second kappa shape index (κ2) is 4.15. The van der Waals surface area contributed by atoms with Crippen LogP contribution in [0.1, 0.15) is 34.3 Å². The minimum absolute atomic E-state index is 0.0173. The van der Waals surface area contributed by atoms with E-state index in [9.17, 15) is 9.90 Å². The van der Waals surface area contributed by atoms with Crippen LogP contribution in [0.5, 0.6) is 5.75 Å². The third-order valence-corrected chi connectivity index (χ3v) is 3.51. The lowest BCUT2D eigenvalue weighted by Gasteiger charge is -2.16. The van der Waals surface area contributed by atoms with Gasteiger partial charge >= 0.3 is 0 Å². The van der Waals surface area contributed by atoms with Crippen molar-refractivity contribution in [3.8, 4) is 5.75 Å². The monoisotopic (exact) mass is 234 g/mol. The first kappa shape index (κ1) is 12.1. The quantitative estimate of drug-likeness (QED) is 0.813. The molecule has 0 atom stereocenters. The Kier molecular flexibility index (Phi) is 2.96. The van der Waals surface area contributed by atoms with Gasteiger partial charge in [0.1, 0.15) is 5.75 Å². The number of methoxy groups -OCH3 is 1. The van der Waals surface area contributed by atoms with Crippen LogP contribution in [0.4, 0.5) is 0 Å². The summed E-state index contributed by atoms with van der Waals surface area (Å²) in [6, 6.07) is 3.85. The van der Waals surface area contributed by atoms with Gasteiger partial charge in [-0.25, -0.2) is 0 Å². The number of Topliss-reactive ketones (excluding diaryl/α,β-unsaturated/α-hetero) is 1. The van der Waals surface area contributed by atoms with Gasteiger partial charge in [0.15, 0.2) is 5.78 Å². The van der Waals surface area contributed by atoms with Gasteiger partial charge in [0.25, 0.3) is 0 Å². The number of ketones is 1. The van der Waals surface area contributed by atoms with Gasteiger partial charge < -0.3 is 9.84 Å². The van der Waals surface area contributed by atoms with E-state index in [4.69, 9.17) is 4.74 Å². The molecule has 0 heterocycles. The predicted molar refractivity (Wildman–Crippen MR) is 65.6 cm³/mol. The number of carbonyl (C=O) groups is 1. The van der Waals surface area contributed by atoms with Crippen LogP contribution >= 0.6 is 0 Å². The van der Waals surface area contributed by atoms with Crippen LogP contribution in [0.2, 0.25) is 0 Å². The molecule has 0 spiro atoms. The van der Waals surface area contributed by atoms with E-state index >= 15 is 0 Å². The van der Waals surface area contributed by atoms with Crippen molar-refractivity contribution >= 4 is 5.78 Å². The van der Waals surface area contributed by atoms with Crippen molar-refractivity contribution in [1.29, 1.82) is 0 Å². The first-order valence-electron chi connectivity index (χ1n) is 5.85. The molecule has 0 aromatic heterocycles. The second-order valence-electron chi connectivity index (χ2n) is 4.93. The highest BCUT2D eigenvalue weighted by Crippen LogP contribution is 2.49. The minimum Gasteiger partial charge on any atom is -0.496 e. The van der Waals surface area contributed by atoms with E-state index in [1.54, 1.807) is 7.11 Å². The fourth-order valence-corrected chi connectivity index (χ4v) is 2.29. The molecule has 3 nitrogen and oxygen atoms in total. The minimum atomic E-state index is -0.534. The number of aryl methyl sites for hydroxylation is 2. The van der Waals surface area contributed by atoms with Crippen LogP contribution in [-0.2, 0) is 0 Å². The molecule has 0 amide bonds. The predicted octanol–water partition coefficient (Wildman–Crippen LogP) is 2.27. The molecular formula is C14H18O3. The normalized spacial score (nSPS) is 16.7. The van der Waals surface area contributed by atoms with Gasteiger partial charge in [-0.2, -0.15) is 0 Å². The Hall–Kier alpha value is -1.35. The van der Waals surface area contributed by atoms with Gasteiger partial charge in [-0.1, -0.05) is 6.07 Å². The molecule has 0 bridgehead atoms. The molecule has 3 heteroatoms. The average molecular weight is 234 g/mol. The summed E-state index contributed by atoms with van der Waals surface area (Å²) < 4.78 is 5.32. The number of aliphatic hydroxyl groups excluding tert-OH is 1. The first-order valence-corrected chi connectivity index (χ1v) is 5.85. The smallest absolute Gasteiger partial charge is 0.175 e. The van der Waals surface area contributed by atoms with Gasteiger partial charge in [-0.3, -0.25) is 4.79 Å². The maximum atomic E-state index is 12.4. The summed E-state index contributed by atoms with van der Waals surface area (Å²) in [4.78, 5) is 12.4. The molecule has 1 aliphatic carbocycles. The van der Waals surface area contributed by atoms with Crippen molar-refractivity contribution in [2.45, 2.75) is 26.7 Å². The van der Waals surface area contributed by atoms with Gasteiger partial charge in [0.2, 0.25) is 0 Å². The third-order valence-electron chi connectivity index (χ3n) is 3.51. The molecule has 1 aliphatic rings. The van der Waals surface area contributed by atoms with Crippen LogP contribution in [0.25, 0.3) is 0 Å². The number of hydrogen-bond acceptors (Lipinski definition) is 3. The van der Waals surface area contributed by atoms with E-state index in [0.29, 0.717) is 11.3 Å². The summed E-state index contributed by atoms with van der Waals surface area (Å²) in [5.41, 5.74) is 2.08. The third kappa shape index (κ3) is 1.95. The summed E-state index contributed by atoms with van der Waals surface area (Å²) in [5.74, 6) is 0.656. The maximum absolute atomic E-state index is 12.4. The first-order chi connectivity index (χ1) is 8.04. The lowest BCUT2D eigenvalue weighted by Crippen LogP contribution is -2.21. The molecule has 2 rings (SSSR count). The molecule has 17 heavy (non-hydrogen) atoms. The van der Waals surface area contributed by atoms with Crippen LogP contribution in [-0.4, -0.2) is 24.6 Å². The summed E-state index contributed by atoms with van der Waals surface area (Å²) in [5, 5.41) is 9.33. The van der Waals surface area contributed by atoms with Crippen LogP contribution in [0.15, 0.2) is 12.1 Å². The Balaban J connectivity index is 2.47. The zero-order valence-corrected chi connectivity index (χ0v) is 10.5. The zero-order chi connectivity index (χ0) is 12.6. The molecule has 0 aliphatic heterocycles. The molecule has 0 unspecified atom stereocenters. The van der Waals surface area contributed by atoms with Crippen molar-refractivity contribution < 1.29 is 14.6 Å². The Morgan fingerprint density at radius 1 is 1.41 bits per heavy atom. The van der Waals surface area contributed by atoms with Crippen molar-refractivity contribution in [2.24, 2.45) is 5.41 Å². The number of rotatable bonds is 4. The fourth-order valence-electron chi connectivity index (χ4n) is 2.29. The lowest BCUT2D eigenvalue weighted by molar-refractivity contribution is 0.0826. The number of aliphatic hydroxyl groups is 1. The SMILES string of the molecule is COc1c(C)cc(C)cc1C(=O)C1(CO)CC1. The summed E-state index contributed by atoms with van der Waals surface area (Å²) in [6.07, 6.45) is 1.55. The molecule has 0 saturated heterocycles. The highest BCUT2D eigenvalue weighted by Gasteiger charge is 2.50. The van der Waals surface area contributed by atoms with Crippen molar-refractivity contribution in [3.63, 3.8) is 0 Å². The largest absolute Gasteiger partial charge is 0.496 e. The standard InChI is InChI=1S/C14H18O3/c1-9-6-10(2)12(17-3)11(7-9)13(16)14(8-15)4-5-14/h6-7,15H,4-5,8H2,1-3H3. The number of benzene rings is 1. The second-order valence-corrected chi connectivity index (χ2v) is 4.93. The van der Waals surface area contributed by atoms with Gasteiger partial charge in [0.05, 0.1) is 24.7 Å². The van der Waals surface area contributed by atoms with Crippen LogP contribution in [0.3, 0.4) is 0 Å². The Morgan fingerprint density at radius 2 is 2.06 bits per heavy atom. The van der Waals surface area contributed by atoms with Gasteiger partial charge in [0, 0.05) is 0 Å². The molecular weight excluding hydrogens is 216 g/mol. The average Bonchev–Trinajstić information content (AvgIpc) is 3.08. The Morgan fingerprint density at radius 3 is 2.53 bits per heavy atom. The zero-order valence-electron chi connectivity index (χ0n) is 10.5.